The number of nitrogens with zero attached hydrogens (tertiary/aromatic N) is 3. The van der Waals surface area contributed by atoms with Gasteiger partial charge in [-0.15, -0.1) is 0 Å². The van der Waals surface area contributed by atoms with Crippen molar-refractivity contribution in [3.63, 3.8) is 0 Å². The molecule has 1 saturated heterocycles. The number of likely N-dealkylation sites (tertiary alicyclic amines) is 1. The Morgan fingerprint density at radius 1 is 1.19 bits per heavy atom. The lowest BCUT2D eigenvalue weighted by molar-refractivity contribution is 0.0645. The van der Waals surface area contributed by atoms with Gasteiger partial charge in [-0.1, -0.05) is 18.2 Å². The van der Waals surface area contributed by atoms with E-state index in [0.717, 1.165) is 50.9 Å². The maximum atomic E-state index is 12.5. The lowest BCUT2D eigenvalue weighted by atomic mass is 10.0. The summed E-state index contributed by atoms with van der Waals surface area (Å²) >= 11 is 0. The highest BCUT2D eigenvalue weighted by Crippen LogP contribution is 2.18. The molecule has 1 aromatic carbocycles. The third kappa shape index (κ3) is 4.70. The van der Waals surface area contributed by atoms with E-state index in [1.165, 1.54) is 11.1 Å². The zero-order chi connectivity index (χ0) is 18.4. The van der Waals surface area contributed by atoms with Crippen LogP contribution in [0.15, 0.2) is 48.8 Å². The Labute approximate surface area is 156 Å². The van der Waals surface area contributed by atoms with Crippen LogP contribution >= 0.6 is 0 Å². The van der Waals surface area contributed by atoms with E-state index in [1.54, 1.807) is 0 Å². The van der Waals surface area contributed by atoms with Crippen LogP contribution in [0.25, 0.3) is 0 Å². The van der Waals surface area contributed by atoms with Crippen molar-refractivity contribution in [3.8, 4) is 0 Å². The smallest absolute Gasteiger partial charge is 0.253 e. The van der Waals surface area contributed by atoms with E-state index in [1.807, 2.05) is 47.6 Å². The highest BCUT2D eigenvalue weighted by molar-refractivity contribution is 5.94. The summed E-state index contributed by atoms with van der Waals surface area (Å²) < 4.78 is 0. The summed E-state index contributed by atoms with van der Waals surface area (Å²) in [5, 5.41) is 0. The predicted molar refractivity (Wildman–Crippen MR) is 105 cm³/mol. The molecular weight excluding hydrogens is 322 g/mol. The molecule has 4 heteroatoms. The number of amides is 1. The first-order chi connectivity index (χ1) is 12.6. The van der Waals surface area contributed by atoms with Crippen molar-refractivity contribution >= 4 is 5.91 Å². The zero-order valence-electron chi connectivity index (χ0n) is 15.9. The summed E-state index contributed by atoms with van der Waals surface area (Å²) in [6.45, 7) is 4.95. The van der Waals surface area contributed by atoms with Gasteiger partial charge in [0.05, 0.1) is 0 Å². The van der Waals surface area contributed by atoms with Crippen LogP contribution in [0.3, 0.4) is 0 Å². The molecule has 26 heavy (non-hydrogen) atoms. The molecule has 0 unspecified atom stereocenters. The SMILES string of the molecule is Cc1ccncc1CCCN(C)C1CCN(C(=O)c2ccccc2)CC1. The van der Waals surface area contributed by atoms with Crippen LogP contribution in [0, 0.1) is 6.92 Å². The number of benzene rings is 1. The Morgan fingerprint density at radius 3 is 2.62 bits per heavy atom. The molecule has 0 atom stereocenters. The number of aromatic nitrogens is 1. The first kappa shape index (κ1) is 18.6. The molecule has 138 valence electrons. The normalized spacial score (nSPS) is 15.4. The van der Waals surface area contributed by atoms with Crippen molar-refractivity contribution in [2.24, 2.45) is 0 Å². The molecule has 1 aliphatic heterocycles. The van der Waals surface area contributed by atoms with Gasteiger partial charge >= 0.3 is 0 Å². The minimum Gasteiger partial charge on any atom is -0.339 e. The largest absolute Gasteiger partial charge is 0.339 e. The van der Waals surface area contributed by atoms with Gasteiger partial charge in [-0.3, -0.25) is 9.78 Å². The number of carbonyl (C=O) groups is 1. The molecule has 1 aliphatic rings. The maximum absolute atomic E-state index is 12.5. The van der Waals surface area contributed by atoms with Gasteiger partial charge in [-0.05, 0) is 75.5 Å². The first-order valence-corrected chi connectivity index (χ1v) is 9.59. The fourth-order valence-corrected chi connectivity index (χ4v) is 3.73. The van der Waals surface area contributed by atoms with Crippen molar-refractivity contribution in [1.82, 2.24) is 14.8 Å². The van der Waals surface area contributed by atoms with E-state index in [9.17, 15) is 4.79 Å². The van der Waals surface area contributed by atoms with Crippen LogP contribution < -0.4 is 0 Å². The third-order valence-corrected chi connectivity index (χ3v) is 5.50. The van der Waals surface area contributed by atoms with Gasteiger partial charge in [0.2, 0.25) is 0 Å². The fourth-order valence-electron chi connectivity index (χ4n) is 3.73. The van der Waals surface area contributed by atoms with E-state index in [0.29, 0.717) is 6.04 Å². The van der Waals surface area contributed by atoms with Gasteiger partial charge in [0.15, 0.2) is 0 Å². The number of aryl methyl sites for hydroxylation is 2. The second-order valence-corrected chi connectivity index (χ2v) is 7.28. The van der Waals surface area contributed by atoms with Crippen molar-refractivity contribution in [3.05, 3.63) is 65.5 Å². The molecule has 1 fully saturated rings. The molecule has 0 radical (unpaired) electrons. The maximum Gasteiger partial charge on any atom is 0.253 e. The summed E-state index contributed by atoms with van der Waals surface area (Å²) in [4.78, 5) is 21.2. The third-order valence-electron chi connectivity index (χ3n) is 5.50. The quantitative estimate of drug-likeness (QED) is 0.798. The van der Waals surface area contributed by atoms with E-state index >= 15 is 0 Å². The molecule has 4 nitrogen and oxygen atoms in total. The number of piperidine rings is 1. The molecule has 0 N–H and O–H groups in total. The molecule has 0 saturated carbocycles. The van der Waals surface area contributed by atoms with Gasteiger partial charge in [-0.25, -0.2) is 0 Å². The molecule has 2 heterocycles. The highest BCUT2D eigenvalue weighted by Gasteiger charge is 2.25. The minimum atomic E-state index is 0.166. The lowest BCUT2D eigenvalue weighted by Crippen LogP contribution is -2.45. The van der Waals surface area contributed by atoms with Crippen molar-refractivity contribution in [2.75, 3.05) is 26.7 Å². The summed E-state index contributed by atoms with van der Waals surface area (Å²) in [6.07, 6.45) is 8.18. The second kappa shape index (κ2) is 8.95. The summed E-state index contributed by atoms with van der Waals surface area (Å²) in [5.41, 5.74) is 3.48. The van der Waals surface area contributed by atoms with Crippen molar-refractivity contribution < 1.29 is 4.79 Å². The standard InChI is InChI=1S/C22H29N3O/c1-18-10-13-23-17-20(18)9-6-14-24(2)21-11-15-25(16-12-21)22(26)19-7-4-3-5-8-19/h3-5,7-8,10,13,17,21H,6,9,11-12,14-16H2,1-2H3. The van der Waals surface area contributed by atoms with Crippen LogP contribution in [-0.2, 0) is 6.42 Å². The number of hydrogen-bond acceptors (Lipinski definition) is 3. The molecule has 0 aliphatic carbocycles. The Morgan fingerprint density at radius 2 is 1.92 bits per heavy atom. The van der Waals surface area contributed by atoms with Gasteiger partial charge in [-0.2, -0.15) is 0 Å². The van der Waals surface area contributed by atoms with E-state index < -0.39 is 0 Å². The molecule has 3 rings (SSSR count). The van der Waals surface area contributed by atoms with Crippen molar-refractivity contribution in [1.29, 1.82) is 0 Å². The van der Waals surface area contributed by atoms with Crippen LogP contribution in [0.1, 0.15) is 40.7 Å². The lowest BCUT2D eigenvalue weighted by Gasteiger charge is -2.37. The molecule has 0 spiro atoms. The van der Waals surface area contributed by atoms with Gasteiger partial charge < -0.3 is 9.80 Å². The molecule has 1 aromatic heterocycles. The van der Waals surface area contributed by atoms with Crippen LogP contribution in [0.4, 0.5) is 0 Å². The zero-order valence-corrected chi connectivity index (χ0v) is 15.9. The fraction of sp³-hybridized carbons (Fsp3) is 0.455. The highest BCUT2D eigenvalue weighted by atomic mass is 16.2. The number of carbonyl (C=O) groups excluding carboxylic acids is 1. The van der Waals surface area contributed by atoms with Crippen LogP contribution in [-0.4, -0.2) is 53.4 Å². The van der Waals surface area contributed by atoms with E-state index in [-0.39, 0.29) is 5.91 Å². The minimum absolute atomic E-state index is 0.166. The number of rotatable bonds is 6. The van der Waals surface area contributed by atoms with E-state index in [2.05, 4.69) is 29.9 Å². The average Bonchev–Trinajstić information content (AvgIpc) is 2.69. The number of pyridine rings is 1. The second-order valence-electron chi connectivity index (χ2n) is 7.28. The Balaban J connectivity index is 1.43. The number of hydrogen-bond donors (Lipinski definition) is 0. The summed E-state index contributed by atoms with van der Waals surface area (Å²) in [6, 6.07) is 12.3. The molecule has 2 aromatic rings. The Hall–Kier alpha value is -2.20. The monoisotopic (exact) mass is 351 g/mol. The van der Waals surface area contributed by atoms with Crippen LogP contribution in [0.5, 0.6) is 0 Å². The molecule has 1 amide bonds. The van der Waals surface area contributed by atoms with Gasteiger partial charge in [0, 0.05) is 37.1 Å². The Bertz CT molecular complexity index is 708. The van der Waals surface area contributed by atoms with Crippen LogP contribution in [0.2, 0.25) is 0 Å². The summed E-state index contributed by atoms with van der Waals surface area (Å²) in [5.74, 6) is 0.166. The average molecular weight is 351 g/mol. The first-order valence-electron chi connectivity index (χ1n) is 9.59. The Kier molecular flexibility index (Phi) is 6.40. The van der Waals surface area contributed by atoms with Gasteiger partial charge in [0.25, 0.3) is 5.91 Å². The molecular formula is C22H29N3O. The predicted octanol–water partition coefficient (Wildman–Crippen LogP) is 3.56. The van der Waals surface area contributed by atoms with Gasteiger partial charge in [0.1, 0.15) is 0 Å². The summed E-state index contributed by atoms with van der Waals surface area (Å²) in [7, 11) is 2.22. The van der Waals surface area contributed by atoms with Crippen molar-refractivity contribution in [2.45, 2.75) is 38.6 Å². The topological polar surface area (TPSA) is 36.4 Å². The van der Waals surface area contributed by atoms with E-state index in [4.69, 9.17) is 0 Å². The molecule has 0 bridgehead atoms.